The Morgan fingerprint density at radius 2 is 1.50 bits per heavy atom. The molecule has 19 atom stereocenters. The van der Waals surface area contributed by atoms with Crippen molar-refractivity contribution in [2.24, 2.45) is 23.1 Å². The van der Waals surface area contributed by atoms with Crippen molar-refractivity contribution in [2.45, 2.75) is 164 Å². The maximum atomic E-state index is 14.7. The lowest BCUT2D eigenvalue weighted by Crippen LogP contribution is -2.65. The van der Waals surface area contributed by atoms with E-state index in [-0.39, 0.29) is 60.4 Å². The van der Waals surface area contributed by atoms with Crippen LogP contribution in [0, 0.1) is 12.8 Å². The van der Waals surface area contributed by atoms with Crippen LogP contribution >= 0.6 is 22.7 Å². The van der Waals surface area contributed by atoms with Crippen molar-refractivity contribution >= 4 is 75.9 Å². The zero-order chi connectivity index (χ0) is 70.6. The number of carbonyl (C=O) groups excluding carboxylic acids is 8. The maximum absolute atomic E-state index is 14.7. The average molecular weight is 1400 g/mol. The predicted octanol–water partition coefficient (Wildman–Crippen LogP) is -8.37. The van der Waals surface area contributed by atoms with E-state index in [1.165, 1.54) is 50.4 Å². The summed E-state index contributed by atoms with van der Waals surface area (Å²) in [4.78, 5) is 131. The average Bonchev–Trinajstić information content (AvgIpc) is 0.996. The molecule has 0 aliphatic carbocycles. The molecule has 7 heterocycles. The van der Waals surface area contributed by atoms with Gasteiger partial charge in [-0.3, -0.25) is 33.6 Å². The Morgan fingerprint density at radius 1 is 0.802 bits per heavy atom. The number of aromatic amines is 1. The second kappa shape index (κ2) is 33.9. The zero-order valence-electron chi connectivity index (χ0n) is 52.4. The number of aromatic nitrogens is 6. The lowest BCUT2D eigenvalue weighted by molar-refractivity contribution is -0.357. The highest BCUT2D eigenvalue weighted by Crippen LogP contribution is 2.35. The number of nitrogens with two attached hydrogens (primary N) is 4. The predicted molar refractivity (Wildman–Crippen MR) is 330 cm³/mol. The molecular formula is C55H81N17O22S2. The van der Waals surface area contributed by atoms with Crippen molar-refractivity contribution in [1.82, 2.24) is 66.7 Å². The number of rotatable bonds is 33. The Bertz CT molecular complexity index is 3360. The number of aliphatic hydroxyl groups is 9. The summed E-state index contributed by atoms with van der Waals surface area (Å²) in [6, 6.07) is -6.92. The number of β-lactam (4-membered cyclic amide) rings is 1. The van der Waals surface area contributed by atoms with Crippen LogP contribution in [-0.2, 0) is 55.8 Å². The molecule has 0 bridgehead atoms. The number of primary amides is 2. The molecule has 41 heteroatoms. The normalized spacial score (nSPS) is 25.1. The minimum atomic E-state index is -2.09. The topological polar surface area (TPSA) is 625 Å². The summed E-state index contributed by atoms with van der Waals surface area (Å²) in [5.41, 5.74) is 22.7. The lowest BCUT2D eigenvalue weighted by atomic mass is 9.96. The molecule has 530 valence electrons. The van der Waals surface area contributed by atoms with Crippen molar-refractivity contribution in [3.05, 3.63) is 50.6 Å². The molecule has 7 rings (SSSR count). The summed E-state index contributed by atoms with van der Waals surface area (Å²) < 4.78 is 28.1. The minimum Gasteiger partial charge on any atom is -0.443 e. The Morgan fingerprint density at radius 3 is 2.16 bits per heavy atom. The lowest BCUT2D eigenvalue weighted by Gasteiger charge is -2.46. The smallest absolute Gasteiger partial charge is 0.404 e. The number of imidazole rings is 1. The van der Waals surface area contributed by atoms with Gasteiger partial charge in [-0.15, -0.1) is 22.7 Å². The first-order valence-corrected chi connectivity index (χ1v) is 31.8. The number of nitrogen functional groups attached to an aromatic ring is 1. The summed E-state index contributed by atoms with van der Waals surface area (Å²) in [5, 5.41) is 116. The van der Waals surface area contributed by atoms with Gasteiger partial charge in [-0.05, 0) is 27.7 Å². The zero-order valence-corrected chi connectivity index (χ0v) is 54.0. The number of hydrogen-bond acceptors (Lipinski definition) is 32. The molecule has 3 aliphatic rings. The Labute approximate surface area is 554 Å². The maximum Gasteiger partial charge on any atom is 0.404 e. The number of nitrogens with zero attached hydrogens (tertiary/aromatic N) is 6. The third-order valence-electron chi connectivity index (χ3n) is 15.7. The van der Waals surface area contributed by atoms with Crippen LogP contribution in [0.2, 0.25) is 0 Å². The van der Waals surface area contributed by atoms with Crippen LogP contribution in [0.5, 0.6) is 5.88 Å². The number of H-pyrrole nitrogens is 1. The monoisotopic (exact) mass is 1400 g/mol. The van der Waals surface area contributed by atoms with E-state index in [1.54, 1.807) is 17.7 Å². The first-order valence-electron chi connectivity index (χ1n) is 30.1. The summed E-state index contributed by atoms with van der Waals surface area (Å²) in [6.45, 7) is 5.76. The van der Waals surface area contributed by atoms with Gasteiger partial charge < -0.3 is 134 Å². The summed E-state index contributed by atoms with van der Waals surface area (Å²) >= 11 is 2.48. The molecule has 0 spiro atoms. The number of nitrogens with one attached hydrogen (secondary N) is 7. The molecule has 19 unspecified atom stereocenters. The largest absolute Gasteiger partial charge is 0.443 e. The number of thiazole rings is 2. The van der Waals surface area contributed by atoms with E-state index in [9.17, 15) is 84.3 Å². The molecule has 39 nitrogen and oxygen atoms in total. The molecule has 4 aromatic rings. The minimum absolute atomic E-state index is 0.00150. The van der Waals surface area contributed by atoms with Crippen molar-refractivity contribution in [2.75, 3.05) is 51.7 Å². The van der Waals surface area contributed by atoms with Crippen molar-refractivity contribution in [1.29, 1.82) is 0 Å². The highest BCUT2D eigenvalue weighted by Gasteiger charge is 2.53. The fourth-order valence-corrected chi connectivity index (χ4v) is 11.7. The van der Waals surface area contributed by atoms with E-state index >= 15 is 0 Å². The number of carbonyl (C=O) groups is 8. The number of amides is 8. The molecular weight excluding hydrogens is 1310 g/mol. The van der Waals surface area contributed by atoms with Crippen molar-refractivity contribution in [3.8, 4) is 16.6 Å². The number of aliphatic hydroxyl groups excluding tert-OH is 9. The quantitative estimate of drug-likeness (QED) is 0.0156. The fraction of sp³-hybridized carbons (Fsp3) is 0.618. The first kappa shape index (κ1) is 75.5. The molecule has 96 heavy (non-hydrogen) atoms. The van der Waals surface area contributed by atoms with Gasteiger partial charge in [0.05, 0.1) is 66.9 Å². The van der Waals surface area contributed by atoms with E-state index in [2.05, 4.69) is 61.8 Å². The number of hydrogen-bond donors (Lipinski definition) is 20. The molecule has 3 aliphatic heterocycles. The molecule has 0 radical (unpaired) electrons. The molecule has 3 fully saturated rings. The van der Waals surface area contributed by atoms with E-state index in [1.807, 2.05) is 0 Å². The van der Waals surface area contributed by atoms with E-state index < -0.39 is 189 Å². The summed E-state index contributed by atoms with van der Waals surface area (Å²) in [5.74, 6) is -7.92. The van der Waals surface area contributed by atoms with E-state index in [0.717, 1.165) is 11.2 Å². The molecule has 4 aromatic heterocycles. The van der Waals surface area contributed by atoms with Gasteiger partial charge in [-0.1, -0.05) is 6.92 Å². The number of ether oxygens (including phenoxy) is 5. The SMILES string of the molecule is Cc1c(N)nc(C2CC(=O)N2CC(N)C(N)=O)nc1C(=O)NC(Cc1[nH]cnc1OC1OC(CO)C(O)C(O)C1OC1OC(CO)C(O)C(OC(N)=O)C1O)C(=O)NC(C)C(O)C(C)C(=O)NC(C(=O)NCCc1nc(-c2nc(C(=O)NCCNCC(C)O)cs2)cs1)C(C)O. The van der Waals surface area contributed by atoms with Gasteiger partial charge in [-0.2, -0.15) is 0 Å². The second-order valence-corrected chi connectivity index (χ2v) is 24.8. The fourth-order valence-electron chi connectivity index (χ4n) is 10.1. The summed E-state index contributed by atoms with van der Waals surface area (Å²) in [7, 11) is 0. The standard InChI is InChI=1S/C55H81N17O22S2/c1-19(75)12-60-8-9-62-47(85)27-16-96-52(68-27)28-17-95-32(66-28)6-7-61-49(87)35(23(5)76)70-46(84)21(3)36(78)22(4)65-48(86)25(67-50(88)34-20(2)43(57)71-45(69-34)29-11-33(77)72(29)13-24(56)44(58)83)10-26-51(64-18-63-26)94-54-42(39(81)37(79)30(14-73)91-54)92-53-40(82)41(93-55(59)89)38(80)31(15-74)90-53/h16-19,21-25,29-31,35-42,53-54,60,73-76,78-82H,6-15,56H2,1-5H3,(H2,58,83)(H2,59,89)(H,61,87)(H,62,85)(H,63,64)(H,65,86)(H,67,88)(H,70,84)(H2,57,69,71). The summed E-state index contributed by atoms with van der Waals surface area (Å²) in [6.07, 6.45) is -23.7. The van der Waals surface area contributed by atoms with Crippen LogP contribution in [0.3, 0.4) is 0 Å². The van der Waals surface area contributed by atoms with Crippen LogP contribution in [-0.4, -0.2) is 278 Å². The Hall–Kier alpha value is -7.85. The third-order valence-corrected chi connectivity index (χ3v) is 17.5. The van der Waals surface area contributed by atoms with Crippen molar-refractivity contribution in [3.63, 3.8) is 0 Å². The molecule has 24 N–H and O–H groups in total. The number of anilines is 1. The first-order chi connectivity index (χ1) is 45.4. The molecule has 0 aromatic carbocycles. The van der Waals surface area contributed by atoms with E-state index in [0.29, 0.717) is 35.3 Å². The Kier molecular flexibility index (Phi) is 26.7. The van der Waals surface area contributed by atoms with Crippen LogP contribution < -0.4 is 59.6 Å². The van der Waals surface area contributed by atoms with Crippen molar-refractivity contribution < 1.29 is 108 Å². The van der Waals surface area contributed by atoms with Crippen LogP contribution in [0.25, 0.3) is 10.7 Å². The van der Waals surface area contributed by atoms with Gasteiger partial charge in [0.1, 0.15) is 88.7 Å². The van der Waals surface area contributed by atoms with Gasteiger partial charge in [0.2, 0.25) is 41.7 Å². The second-order valence-electron chi connectivity index (χ2n) is 23.0. The molecule has 8 amide bonds. The van der Waals surface area contributed by atoms with Crippen LogP contribution in [0.15, 0.2) is 17.1 Å². The Balaban J connectivity index is 1.06. The van der Waals surface area contributed by atoms with Crippen LogP contribution in [0.4, 0.5) is 10.6 Å². The molecule has 0 saturated carbocycles. The van der Waals surface area contributed by atoms with Gasteiger partial charge in [0.15, 0.2) is 24.3 Å². The number of likely N-dealkylation sites (tertiary alicyclic amines) is 1. The van der Waals surface area contributed by atoms with E-state index in [4.69, 9.17) is 46.6 Å². The highest BCUT2D eigenvalue weighted by molar-refractivity contribution is 7.14. The van der Waals surface area contributed by atoms with Crippen LogP contribution in [0.1, 0.15) is 83.2 Å². The van der Waals surface area contributed by atoms with Gasteiger partial charge in [0, 0.05) is 61.9 Å². The van der Waals surface area contributed by atoms with Gasteiger partial charge >= 0.3 is 6.09 Å². The third kappa shape index (κ3) is 18.8. The highest BCUT2D eigenvalue weighted by atomic mass is 32.1. The van der Waals surface area contributed by atoms with Gasteiger partial charge in [-0.25, -0.2) is 29.7 Å². The van der Waals surface area contributed by atoms with Gasteiger partial charge in [0.25, 0.3) is 11.8 Å². The molecule has 3 saturated heterocycles.